The second kappa shape index (κ2) is 3.51. The number of hydrogen-bond acceptors (Lipinski definition) is 4. The van der Waals surface area contributed by atoms with Gasteiger partial charge in [0.1, 0.15) is 11.3 Å². The van der Waals surface area contributed by atoms with Gasteiger partial charge in [0.15, 0.2) is 0 Å². The molecule has 0 amide bonds. The van der Waals surface area contributed by atoms with Gasteiger partial charge in [-0.1, -0.05) is 24.3 Å². The predicted molar refractivity (Wildman–Crippen MR) is 71.6 cm³/mol. The number of fused-ring (bicyclic) bond motifs is 2. The quantitative estimate of drug-likeness (QED) is 0.423. The van der Waals surface area contributed by atoms with Crippen molar-refractivity contribution in [3.8, 4) is 11.3 Å². The van der Waals surface area contributed by atoms with Crippen LogP contribution in [0.2, 0.25) is 0 Å². The van der Waals surface area contributed by atoms with Crippen LogP contribution in [0.5, 0.6) is 0 Å². The molecule has 6 heteroatoms. The van der Waals surface area contributed by atoms with Gasteiger partial charge in [0, 0.05) is 22.6 Å². The van der Waals surface area contributed by atoms with Gasteiger partial charge in [-0.3, -0.25) is 20.0 Å². The molecule has 0 fully saturated rings. The number of hydrogen-bond donors (Lipinski definition) is 1. The average molecular weight is 265 g/mol. The maximum atomic E-state index is 12.6. The van der Waals surface area contributed by atoms with E-state index >= 15 is 0 Å². The molecule has 2 aromatic carbocycles. The maximum Gasteiger partial charge on any atom is 0.281 e. The first kappa shape index (κ1) is 10.9. The molecule has 0 aliphatic heterocycles. The number of H-pyrrole nitrogens is 1. The van der Waals surface area contributed by atoms with E-state index in [1.54, 1.807) is 24.3 Å². The second-order valence-electron chi connectivity index (χ2n) is 4.59. The van der Waals surface area contributed by atoms with Crippen LogP contribution in [0.25, 0.3) is 22.2 Å². The van der Waals surface area contributed by atoms with Crippen molar-refractivity contribution in [3.63, 3.8) is 0 Å². The van der Waals surface area contributed by atoms with Crippen LogP contribution in [0.3, 0.4) is 0 Å². The van der Waals surface area contributed by atoms with Gasteiger partial charge in [-0.25, -0.2) is 0 Å². The third kappa shape index (κ3) is 1.17. The molecule has 0 saturated carbocycles. The number of nitrogens with zero attached hydrogens (tertiary/aromatic N) is 2. The van der Waals surface area contributed by atoms with Gasteiger partial charge in [-0.2, -0.15) is 5.10 Å². The van der Waals surface area contributed by atoms with Gasteiger partial charge in [-0.05, 0) is 6.07 Å². The van der Waals surface area contributed by atoms with Crippen LogP contribution >= 0.6 is 0 Å². The summed E-state index contributed by atoms with van der Waals surface area (Å²) in [6.07, 6.45) is 0. The first-order chi connectivity index (χ1) is 9.68. The molecule has 0 spiro atoms. The Bertz CT molecular complexity index is 911. The Morgan fingerprint density at radius 1 is 1.10 bits per heavy atom. The lowest BCUT2D eigenvalue weighted by Gasteiger charge is -2.14. The summed E-state index contributed by atoms with van der Waals surface area (Å²) in [4.78, 5) is 23.2. The molecule has 0 radical (unpaired) electrons. The molecule has 20 heavy (non-hydrogen) atoms. The van der Waals surface area contributed by atoms with Crippen molar-refractivity contribution in [3.05, 3.63) is 57.6 Å². The zero-order valence-corrected chi connectivity index (χ0v) is 10.1. The molecule has 1 aliphatic carbocycles. The van der Waals surface area contributed by atoms with Crippen molar-refractivity contribution in [2.45, 2.75) is 0 Å². The normalized spacial score (nSPS) is 12.5. The monoisotopic (exact) mass is 265 g/mol. The van der Waals surface area contributed by atoms with E-state index in [-0.39, 0.29) is 17.0 Å². The summed E-state index contributed by atoms with van der Waals surface area (Å²) in [5, 5.41) is 18.9. The Kier molecular flexibility index (Phi) is 1.90. The highest BCUT2D eigenvalue weighted by Crippen LogP contribution is 2.40. The van der Waals surface area contributed by atoms with E-state index < -0.39 is 4.92 Å². The Labute approximate surface area is 112 Å². The fourth-order valence-electron chi connectivity index (χ4n) is 2.72. The number of nitrogens with one attached hydrogen (secondary N) is 1. The van der Waals surface area contributed by atoms with Crippen LogP contribution in [0.4, 0.5) is 5.69 Å². The summed E-state index contributed by atoms with van der Waals surface area (Å²) >= 11 is 0. The molecular weight excluding hydrogens is 258 g/mol. The smallest absolute Gasteiger partial charge is 0.281 e. The molecule has 1 aromatic heterocycles. The number of carbonyl (C=O) groups excluding carboxylic acids is 1. The molecule has 4 rings (SSSR count). The molecule has 1 N–H and O–H groups in total. The third-order valence-corrected chi connectivity index (χ3v) is 3.56. The van der Waals surface area contributed by atoms with Crippen molar-refractivity contribution in [1.29, 1.82) is 0 Å². The molecule has 0 atom stereocenters. The van der Waals surface area contributed by atoms with Crippen LogP contribution in [-0.2, 0) is 0 Å². The van der Waals surface area contributed by atoms with Crippen molar-refractivity contribution in [2.75, 3.05) is 0 Å². The Balaban J connectivity index is 2.21. The molecule has 0 unspecified atom stereocenters. The number of rotatable bonds is 1. The summed E-state index contributed by atoms with van der Waals surface area (Å²) in [5.41, 5.74) is 2.24. The maximum absolute atomic E-state index is 12.6. The highest BCUT2D eigenvalue weighted by atomic mass is 16.6. The van der Waals surface area contributed by atoms with Gasteiger partial charge in [0.2, 0.25) is 5.78 Å². The lowest BCUT2D eigenvalue weighted by molar-refractivity contribution is -0.385. The van der Waals surface area contributed by atoms with Gasteiger partial charge in [0.25, 0.3) is 5.69 Å². The van der Waals surface area contributed by atoms with Crippen LogP contribution < -0.4 is 0 Å². The van der Waals surface area contributed by atoms with Gasteiger partial charge >= 0.3 is 0 Å². The van der Waals surface area contributed by atoms with E-state index in [1.807, 2.05) is 6.07 Å². The third-order valence-electron chi connectivity index (χ3n) is 3.56. The van der Waals surface area contributed by atoms with Crippen molar-refractivity contribution < 1.29 is 9.72 Å². The minimum absolute atomic E-state index is 0.115. The average Bonchev–Trinajstić information content (AvgIpc) is 2.89. The fraction of sp³-hybridized carbons (Fsp3) is 0. The van der Waals surface area contributed by atoms with Crippen molar-refractivity contribution in [2.24, 2.45) is 0 Å². The molecule has 1 aliphatic rings. The van der Waals surface area contributed by atoms with Crippen LogP contribution in [0.1, 0.15) is 15.9 Å². The fourth-order valence-corrected chi connectivity index (χ4v) is 2.72. The summed E-state index contributed by atoms with van der Waals surface area (Å²) < 4.78 is 0. The Hall–Kier alpha value is -3.02. The Morgan fingerprint density at radius 2 is 1.85 bits per heavy atom. The van der Waals surface area contributed by atoms with E-state index in [1.165, 1.54) is 6.07 Å². The van der Waals surface area contributed by atoms with E-state index in [4.69, 9.17) is 0 Å². The summed E-state index contributed by atoms with van der Waals surface area (Å²) in [6.45, 7) is 0. The largest absolute Gasteiger partial charge is 0.288 e. The number of benzene rings is 2. The SMILES string of the molecule is O=C1c2c(cccc2[N+](=O)[O-])-c2n[nH]c3cccc1c23. The molecule has 6 nitrogen and oxygen atoms in total. The van der Waals surface area contributed by atoms with Crippen molar-refractivity contribution >= 4 is 22.4 Å². The standard InChI is InChI=1S/C14H7N3O3/c18-14-8-4-1-5-9-11(8)13(16-15-9)7-3-2-6-10(12(7)14)17(19)20/h1-6H,(H,15,16). The molecular formula is C14H7N3O3. The first-order valence-corrected chi connectivity index (χ1v) is 5.98. The summed E-state index contributed by atoms with van der Waals surface area (Å²) in [5.74, 6) is -0.327. The number of ketones is 1. The Morgan fingerprint density at radius 3 is 2.65 bits per heavy atom. The first-order valence-electron chi connectivity index (χ1n) is 5.98. The van der Waals surface area contributed by atoms with Gasteiger partial charge < -0.3 is 0 Å². The van der Waals surface area contributed by atoms with Crippen molar-refractivity contribution in [1.82, 2.24) is 10.2 Å². The zero-order chi connectivity index (χ0) is 13.9. The minimum atomic E-state index is -0.533. The van der Waals surface area contributed by atoms with Gasteiger partial charge in [-0.15, -0.1) is 0 Å². The second-order valence-corrected chi connectivity index (χ2v) is 4.59. The van der Waals surface area contributed by atoms with Crippen LogP contribution in [0, 0.1) is 10.1 Å². The highest BCUT2D eigenvalue weighted by Gasteiger charge is 2.33. The predicted octanol–water partition coefficient (Wildman–Crippen LogP) is 2.68. The topological polar surface area (TPSA) is 88.9 Å². The molecule has 0 saturated heterocycles. The number of aromatic nitrogens is 2. The van der Waals surface area contributed by atoms with Crippen LogP contribution in [-0.4, -0.2) is 20.9 Å². The van der Waals surface area contributed by atoms with Crippen LogP contribution in [0.15, 0.2) is 36.4 Å². The minimum Gasteiger partial charge on any atom is -0.288 e. The van der Waals surface area contributed by atoms with E-state index in [0.29, 0.717) is 16.8 Å². The number of aromatic amines is 1. The lowest BCUT2D eigenvalue weighted by Crippen LogP contribution is -2.11. The molecule has 0 bridgehead atoms. The number of carbonyl (C=O) groups is 1. The highest BCUT2D eigenvalue weighted by molar-refractivity contribution is 6.26. The zero-order valence-electron chi connectivity index (χ0n) is 10.1. The van der Waals surface area contributed by atoms with E-state index in [0.717, 1.165) is 10.9 Å². The summed E-state index contributed by atoms with van der Waals surface area (Å²) in [6, 6.07) is 9.82. The number of nitro groups is 1. The lowest BCUT2D eigenvalue weighted by atomic mass is 9.86. The molecule has 3 aromatic rings. The molecule has 1 heterocycles. The number of nitro benzene ring substituents is 1. The van der Waals surface area contributed by atoms with E-state index in [2.05, 4.69) is 10.2 Å². The van der Waals surface area contributed by atoms with E-state index in [9.17, 15) is 14.9 Å². The molecule has 96 valence electrons. The summed E-state index contributed by atoms with van der Waals surface area (Å²) in [7, 11) is 0. The van der Waals surface area contributed by atoms with Gasteiger partial charge in [0.05, 0.1) is 10.4 Å².